The van der Waals surface area contributed by atoms with Gasteiger partial charge in [-0.2, -0.15) is 0 Å². The fourth-order valence-corrected chi connectivity index (χ4v) is 0.260. The number of aliphatic hydroxyl groups excluding tert-OH is 1. The molecule has 0 heterocycles. The Morgan fingerprint density at radius 2 is 2.50 bits per heavy atom. The molecule has 1 N–H and O–H groups in total. The van der Waals surface area contributed by atoms with Crippen LogP contribution in [0.15, 0.2) is 0 Å². The average Bonchev–Trinajstić information content (AvgIpc) is 1.65. The second-order valence-corrected chi connectivity index (χ2v) is 1.81. The molecule has 0 bridgehead atoms. The van der Waals surface area contributed by atoms with Crippen molar-refractivity contribution >= 4 is 27.6 Å². The molecule has 0 aromatic rings. The summed E-state index contributed by atoms with van der Waals surface area (Å²) in [5, 5.41) is 7.59. The molecule has 36 valence electrons. The largest absolute Gasteiger partial charge is 0.388 e. The van der Waals surface area contributed by atoms with Crippen molar-refractivity contribution in [3.05, 3.63) is 0 Å². The topological polar surface area (TPSA) is 37.3 Å². The van der Waals surface area contributed by atoms with Gasteiger partial charge in [0.1, 0.15) is 6.61 Å². The van der Waals surface area contributed by atoms with Crippen LogP contribution in [0.2, 0.25) is 0 Å². The van der Waals surface area contributed by atoms with Gasteiger partial charge in [-0.05, 0) is 10.8 Å². The predicted octanol–water partition coefficient (Wildman–Crippen LogP) is 0.0833. The number of aliphatic hydroxyl groups is 1. The molecule has 0 saturated carbocycles. The first-order valence-electron chi connectivity index (χ1n) is 1.26. The van der Waals surface area contributed by atoms with E-state index in [0.717, 1.165) is 10.8 Å². The van der Waals surface area contributed by atoms with Crippen LogP contribution in [0.5, 0.6) is 0 Å². The van der Waals surface area contributed by atoms with E-state index in [9.17, 15) is 4.79 Å². The minimum absolute atomic E-state index is 0.321. The molecule has 6 heavy (non-hydrogen) atoms. The highest BCUT2D eigenvalue weighted by molar-refractivity contribution is 8.74. The van der Waals surface area contributed by atoms with Gasteiger partial charge in [0.05, 0.1) is 0 Å². The molecule has 0 spiro atoms. The lowest BCUT2D eigenvalue weighted by Gasteiger charge is -1.79. The highest BCUT2D eigenvalue weighted by Gasteiger charge is 1.90. The van der Waals surface area contributed by atoms with Crippen LogP contribution in [-0.2, 0) is 4.79 Å². The summed E-state index contributed by atoms with van der Waals surface area (Å²) in [7, 11) is 0.730. The van der Waals surface area contributed by atoms with Crippen molar-refractivity contribution in [2.24, 2.45) is 0 Å². The first-order valence-corrected chi connectivity index (χ1v) is 3.13. The second kappa shape index (κ2) is 3.52. The first kappa shape index (κ1) is 6.33. The van der Waals surface area contributed by atoms with E-state index in [-0.39, 0.29) is 5.12 Å². The molecule has 0 amide bonds. The Morgan fingerprint density at radius 1 is 2.00 bits per heavy atom. The van der Waals surface area contributed by atoms with E-state index >= 15 is 0 Å². The van der Waals surface area contributed by atoms with Crippen molar-refractivity contribution in [1.29, 1.82) is 0 Å². The summed E-state index contributed by atoms with van der Waals surface area (Å²) in [5.74, 6) is 0. The van der Waals surface area contributed by atoms with Crippen LogP contribution in [0, 0.1) is 0 Å². The normalized spacial score (nSPS) is 8.33. The highest BCUT2D eigenvalue weighted by Crippen LogP contribution is 2.03. The number of hydrogen-bond donors (Lipinski definition) is 2. The molecule has 0 aromatic heterocycles. The van der Waals surface area contributed by atoms with Crippen LogP contribution < -0.4 is 0 Å². The standard InChI is InChI=1S/C2H4O2S2/c3-1-2(4)6-5/h3,5H,1H2. The van der Waals surface area contributed by atoms with Crippen LogP contribution in [0.3, 0.4) is 0 Å². The Labute approximate surface area is 44.7 Å². The van der Waals surface area contributed by atoms with Gasteiger partial charge in [0.15, 0.2) is 0 Å². The van der Waals surface area contributed by atoms with Gasteiger partial charge in [0.2, 0.25) is 5.12 Å². The minimum Gasteiger partial charge on any atom is -0.388 e. The maximum Gasteiger partial charge on any atom is 0.224 e. The molecular formula is C2H4O2S2. The quantitative estimate of drug-likeness (QED) is 0.384. The van der Waals surface area contributed by atoms with Crippen molar-refractivity contribution in [2.45, 2.75) is 0 Å². The van der Waals surface area contributed by atoms with E-state index in [1.54, 1.807) is 0 Å². The molecule has 0 aliphatic rings. The van der Waals surface area contributed by atoms with E-state index in [0.29, 0.717) is 0 Å². The third kappa shape index (κ3) is 2.56. The van der Waals surface area contributed by atoms with E-state index in [1.165, 1.54) is 0 Å². The smallest absolute Gasteiger partial charge is 0.224 e. The fraction of sp³-hybridized carbons (Fsp3) is 0.500. The molecule has 0 aliphatic heterocycles. The van der Waals surface area contributed by atoms with Gasteiger partial charge in [-0.1, -0.05) is 0 Å². The van der Waals surface area contributed by atoms with Crippen molar-refractivity contribution < 1.29 is 9.90 Å². The zero-order chi connectivity index (χ0) is 4.99. The fourth-order valence-electron chi connectivity index (χ4n) is 0.0289. The van der Waals surface area contributed by atoms with Gasteiger partial charge in [-0.25, -0.2) is 0 Å². The number of hydrogen-bond acceptors (Lipinski definition) is 4. The van der Waals surface area contributed by atoms with Gasteiger partial charge in [-0.15, -0.1) is 11.7 Å². The van der Waals surface area contributed by atoms with Crippen molar-refractivity contribution in [3.63, 3.8) is 0 Å². The van der Waals surface area contributed by atoms with Crippen LogP contribution >= 0.6 is 22.5 Å². The summed E-state index contributed by atoms with van der Waals surface area (Å²) in [4.78, 5) is 9.82. The van der Waals surface area contributed by atoms with E-state index < -0.39 is 6.61 Å². The van der Waals surface area contributed by atoms with Crippen LogP contribution in [0.1, 0.15) is 0 Å². The van der Waals surface area contributed by atoms with Crippen LogP contribution in [0.25, 0.3) is 0 Å². The Kier molecular flexibility index (Phi) is 3.71. The van der Waals surface area contributed by atoms with Gasteiger partial charge in [0, 0.05) is 0 Å². The number of carbonyl (C=O) groups excluding carboxylic acids is 1. The molecule has 0 rings (SSSR count). The average molecular weight is 124 g/mol. The van der Waals surface area contributed by atoms with Crippen LogP contribution in [-0.4, -0.2) is 16.8 Å². The third-order valence-corrected chi connectivity index (χ3v) is 1.17. The molecule has 0 atom stereocenters. The molecule has 0 unspecified atom stereocenters. The van der Waals surface area contributed by atoms with E-state index in [1.807, 2.05) is 0 Å². The lowest BCUT2D eigenvalue weighted by atomic mass is 10.8. The van der Waals surface area contributed by atoms with Crippen LogP contribution in [0.4, 0.5) is 0 Å². The van der Waals surface area contributed by atoms with Crippen molar-refractivity contribution in [3.8, 4) is 0 Å². The molecule has 0 aliphatic carbocycles. The summed E-state index contributed by atoms with van der Waals surface area (Å²) in [5.41, 5.74) is 0. The van der Waals surface area contributed by atoms with Gasteiger partial charge >= 0.3 is 0 Å². The summed E-state index contributed by atoms with van der Waals surface area (Å²) in [6.07, 6.45) is 0. The molecule has 2 nitrogen and oxygen atoms in total. The van der Waals surface area contributed by atoms with Gasteiger partial charge in [0.25, 0.3) is 0 Å². The van der Waals surface area contributed by atoms with Crippen molar-refractivity contribution in [2.75, 3.05) is 6.61 Å². The van der Waals surface area contributed by atoms with E-state index in [4.69, 9.17) is 5.11 Å². The minimum atomic E-state index is -0.422. The third-order valence-electron chi connectivity index (χ3n) is 0.231. The van der Waals surface area contributed by atoms with Crippen molar-refractivity contribution in [1.82, 2.24) is 0 Å². The summed E-state index contributed by atoms with van der Waals surface area (Å²) in [6.45, 7) is -0.422. The Balaban J connectivity index is 2.99. The molecule has 0 fully saturated rings. The maximum atomic E-state index is 9.82. The molecule has 4 heteroatoms. The predicted molar refractivity (Wildman–Crippen MR) is 28.7 cm³/mol. The summed E-state index contributed by atoms with van der Waals surface area (Å²) < 4.78 is 0. The zero-order valence-electron chi connectivity index (χ0n) is 2.92. The maximum absolute atomic E-state index is 9.82. The Hall–Kier alpha value is 0.330. The number of rotatable bonds is 1. The van der Waals surface area contributed by atoms with Gasteiger partial charge in [-0.3, -0.25) is 4.79 Å². The molecule has 0 aromatic carbocycles. The molecule has 0 saturated heterocycles. The zero-order valence-corrected chi connectivity index (χ0v) is 4.63. The first-order chi connectivity index (χ1) is 2.81. The van der Waals surface area contributed by atoms with E-state index in [2.05, 4.69) is 11.7 Å². The molecular weight excluding hydrogens is 120 g/mol. The second-order valence-electron chi connectivity index (χ2n) is 0.621. The lowest BCUT2D eigenvalue weighted by Crippen LogP contribution is -1.92. The Bertz CT molecular complexity index is 47.5. The monoisotopic (exact) mass is 124 g/mol. The SMILES string of the molecule is O=C(CO)SS. The highest BCUT2D eigenvalue weighted by atomic mass is 33.1. The molecule has 0 radical (unpaired) electrons. The summed E-state index contributed by atoms with van der Waals surface area (Å²) in [6, 6.07) is 0. The summed E-state index contributed by atoms with van der Waals surface area (Å²) >= 11 is 3.50. The Morgan fingerprint density at radius 3 is 2.50 bits per heavy atom. The number of carbonyl (C=O) groups is 1. The lowest BCUT2D eigenvalue weighted by molar-refractivity contribution is -0.113. The number of thiol groups is 1. The van der Waals surface area contributed by atoms with Gasteiger partial charge < -0.3 is 5.11 Å².